The number of ketones is 1. The van der Waals surface area contributed by atoms with Gasteiger partial charge in [0.15, 0.2) is 0 Å². The van der Waals surface area contributed by atoms with E-state index in [9.17, 15) is 38.4 Å². The molecule has 0 saturated heterocycles. The van der Waals surface area contributed by atoms with Crippen molar-refractivity contribution in [3.05, 3.63) is 0 Å². The van der Waals surface area contributed by atoms with Crippen molar-refractivity contribution in [3.63, 3.8) is 0 Å². The molecule has 4 atom stereocenters. The fourth-order valence-corrected chi connectivity index (χ4v) is 4.50. The lowest BCUT2D eigenvalue weighted by atomic mass is 10.0. The van der Waals surface area contributed by atoms with Crippen molar-refractivity contribution in [1.82, 2.24) is 32.1 Å². The van der Waals surface area contributed by atoms with E-state index in [1.165, 1.54) is 21.1 Å². The number of nitrogens with one attached hydrogen (secondary N) is 6. The third kappa shape index (κ3) is 41.0. The van der Waals surface area contributed by atoms with Crippen molar-refractivity contribution in [3.8, 4) is 0 Å². The molecule has 0 fully saturated rings. The van der Waals surface area contributed by atoms with Gasteiger partial charge < -0.3 is 40.8 Å². The summed E-state index contributed by atoms with van der Waals surface area (Å²) in [7, 11) is 3.01. The van der Waals surface area contributed by atoms with Crippen LogP contribution in [0.3, 0.4) is 0 Å². The van der Waals surface area contributed by atoms with Crippen molar-refractivity contribution in [2.24, 2.45) is 17.8 Å². The molecule has 0 spiro atoms. The second-order valence-corrected chi connectivity index (χ2v) is 13.2. The maximum Gasteiger partial charge on any atom is 0.331 e. The van der Waals surface area contributed by atoms with E-state index in [0.717, 1.165) is 0 Å². The van der Waals surface area contributed by atoms with Crippen LogP contribution in [0.5, 0.6) is 0 Å². The molecule has 0 rings (SSSR count). The highest BCUT2D eigenvalue weighted by Crippen LogP contribution is 2.10. The Balaban J connectivity index is -0.000000278. The van der Waals surface area contributed by atoms with Gasteiger partial charge in [-0.1, -0.05) is 116 Å². The van der Waals surface area contributed by atoms with Gasteiger partial charge in [0, 0.05) is 13.7 Å². The fraction of sp³-hybridized carbons (Fsp3) is 0.814. The van der Waals surface area contributed by atoms with Crippen molar-refractivity contribution in [2.45, 2.75) is 179 Å². The first kappa shape index (κ1) is 84.3. The minimum Gasteiger partial charge on any atom is -0.426 e. The lowest BCUT2D eigenvalue weighted by Gasteiger charge is -2.23. The fourth-order valence-electron chi connectivity index (χ4n) is 4.50. The van der Waals surface area contributed by atoms with Crippen LogP contribution >= 0.6 is 0 Å². The third-order valence-electron chi connectivity index (χ3n) is 6.85. The second-order valence-electron chi connectivity index (χ2n) is 13.2. The third-order valence-corrected chi connectivity index (χ3v) is 6.85. The summed E-state index contributed by atoms with van der Waals surface area (Å²) in [6.07, 6.45) is -0.540. The van der Waals surface area contributed by atoms with Crippen LogP contribution in [0.15, 0.2) is 0 Å². The van der Waals surface area contributed by atoms with E-state index in [-0.39, 0.29) is 137 Å². The smallest absolute Gasteiger partial charge is 0.331 e. The summed E-state index contributed by atoms with van der Waals surface area (Å²) in [4.78, 5) is 105. The highest BCUT2D eigenvalue weighted by molar-refractivity contribution is 6.00. The number of likely N-dealkylation sites (N-methyl/N-ethyl adjacent to an activating group) is 1. The molecule has 0 aromatic carbocycles. The largest absolute Gasteiger partial charge is 0.426 e. The van der Waals surface area contributed by atoms with Gasteiger partial charge in [-0.3, -0.25) is 33.6 Å². The zero-order valence-corrected chi connectivity index (χ0v) is 31.3. The molecule has 61 heavy (non-hydrogen) atoms. The predicted molar refractivity (Wildman–Crippen MR) is 250 cm³/mol. The summed E-state index contributed by atoms with van der Waals surface area (Å²) >= 11 is 0. The lowest BCUT2D eigenvalue weighted by Crippen LogP contribution is -2.54. The maximum absolute atomic E-state index is 13.0. The molecule has 0 saturated carbocycles. The van der Waals surface area contributed by atoms with Crippen molar-refractivity contribution >= 4 is 47.3 Å². The van der Waals surface area contributed by atoms with Crippen LogP contribution in [0.2, 0.25) is 0 Å². The zero-order chi connectivity index (χ0) is 39.1. The molecule has 0 aliphatic heterocycles. The second kappa shape index (κ2) is 46.9. The van der Waals surface area contributed by atoms with Crippen LogP contribution in [0.1, 0.15) is 155 Å². The molecule has 0 radical (unpaired) electrons. The number of amides is 5. The van der Waals surface area contributed by atoms with Gasteiger partial charge in [0.25, 0.3) is 5.91 Å². The summed E-state index contributed by atoms with van der Waals surface area (Å²) in [5.41, 5.74) is 2.26. The van der Waals surface area contributed by atoms with E-state index in [1.54, 1.807) is 13.8 Å². The first-order valence-electron chi connectivity index (χ1n) is 17.0. The predicted octanol–water partition coefficient (Wildman–Crippen LogP) is 5.75. The van der Waals surface area contributed by atoms with Gasteiger partial charge in [-0.25, -0.2) is 15.1 Å². The topological polar surface area (TPSA) is 246 Å². The van der Waals surface area contributed by atoms with Crippen LogP contribution in [0.4, 0.5) is 0 Å². The maximum atomic E-state index is 13.0. The molecule has 0 heterocycles. The first-order valence-corrected chi connectivity index (χ1v) is 17.0. The Labute approximate surface area is 373 Å². The minimum atomic E-state index is -1.19. The molecule has 372 valence electrons. The van der Waals surface area contributed by atoms with Gasteiger partial charge in [0.1, 0.15) is 36.4 Å². The number of rotatable bonds is 26. The normalized spacial score (nSPS) is 11.2. The molecule has 0 aliphatic rings. The molecule has 6 N–H and O–H groups in total. The van der Waals surface area contributed by atoms with E-state index in [1.807, 2.05) is 27.7 Å². The summed E-state index contributed by atoms with van der Waals surface area (Å²) in [5, 5.41) is 12.8. The minimum absolute atomic E-state index is 0. The van der Waals surface area contributed by atoms with Crippen LogP contribution in [0, 0.1) is 17.8 Å². The van der Waals surface area contributed by atoms with E-state index in [2.05, 4.69) is 32.1 Å². The van der Waals surface area contributed by atoms with Crippen LogP contribution in [0.25, 0.3) is 0 Å². The zero-order valence-electron chi connectivity index (χ0n) is 31.3. The number of hydrogen-bond donors (Lipinski definition) is 6. The molecule has 0 aliphatic carbocycles. The Kier molecular flexibility index (Phi) is 64.8. The first-order chi connectivity index (χ1) is 23.9. The molecule has 0 bridgehead atoms. The summed E-state index contributed by atoms with van der Waals surface area (Å²) in [6, 6.07) is -4.14. The number of carbonyl (C=O) groups excluding carboxylic acids is 8. The van der Waals surface area contributed by atoms with E-state index < -0.39 is 85.3 Å². The molecule has 18 nitrogen and oxygen atoms in total. The molecule has 18 heteroatoms. The van der Waals surface area contributed by atoms with Crippen molar-refractivity contribution in [1.29, 1.82) is 0 Å². The Hall–Kier alpha value is -4.16. The van der Waals surface area contributed by atoms with Crippen molar-refractivity contribution in [2.75, 3.05) is 40.7 Å². The van der Waals surface area contributed by atoms with Gasteiger partial charge >= 0.3 is 11.9 Å². The van der Waals surface area contributed by atoms with E-state index >= 15 is 0 Å². The number of esters is 2. The van der Waals surface area contributed by atoms with Gasteiger partial charge in [-0.2, -0.15) is 0 Å². The number of ether oxygens (including phenoxy) is 3. The average molecular weight is 891 g/mol. The van der Waals surface area contributed by atoms with Gasteiger partial charge in [0.05, 0.1) is 19.6 Å². The number of methoxy groups -OCH3 is 1. The SMILES string of the molecule is C.C.C.C.C.C.C.C.C.C.CNC(CNC(=O)C(CC(C)C)NC(=O)CC(=O)NC(CC(C)C)C(=O)OCOC(=O)C(CC(C)C)NC(=O)CC(C)=O)C(=O)NOCCOC. The monoisotopic (exact) mass is 891 g/mol. The quantitative estimate of drug-likeness (QED) is 0.0199. The molecule has 0 aromatic rings. The van der Waals surface area contributed by atoms with Crippen LogP contribution in [-0.4, -0.2) is 112 Å². The Bertz CT molecular complexity index is 1170. The molecule has 0 aromatic heterocycles. The summed E-state index contributed by atoms with van der Waals surface area (Å²) in [6.45, 7) is 11.6. The molecular weight excluding hydrogens is 793 g/mol. The summed E-state index contributed by atoms with van der Waals surface area (Å²) in [5.74, 6) is -5.65. The number of hydrogen-bond acceptors (Lipinski definition) is 13. The van der Waals surface area contributed by atoms with E-state index in [4.69, 9.17) is 19.0 Å². The molecule has 4 unspecified atom stereocenters. The Morgan fingerprint density at radius 3 is 1.25 bits per heavy atom. The van der Waals surface area contributed by atoms with Gasteiger partial charge in [0.2, 0.25) is 30.4 Å². The Morgan fingerprint density at radius 1 is 0.508 bits per heavy atom. The average Bonchev–Trinajstić information content (AvgIpc) is 3.01. The number of carbonyl (C=O) groups is 8. The number of Topliss-reactive ketones (excluding diaryl/α,β-unsaturated/α-hetero) is 1. The van der Waals surface area contributed by atoms with Crippen molar-refractivity contribution < 1.29 is 57.4 Å². The molecular formula is C43H98N6O12. The van der Waals surface area contributed by atoms with Gasteiger partial charge in [-0.05, 0) is 51.0 Å². The van der Waals surface area contributed by atoms with Gasteiger partial charge in [-0.15, -0.1) is 0 Å². The standard InChI is InChI=1S/C33H58N6O12.10CH4/c1-19(2)12-23(30(44)35-17-26(34-8)31(45)39-51-11-10-48-9)36-28(42)16-29(43)38-25(14-21(5)6)33(47)50-18-49-32(46)24(13-20(3)4)37-27(41)15-22(7)40;;;;;;;;;;/h19-21,23-26,34H,10-18H2,1-9H3,(H,35,44)(H,36,42)(H,37,41)(H,38,43)(H,39,45);10*1H4. The summed E-state index contributed by atoms with van der Waals surface area (Å²) < 4.78 is 15.0. The Morgan fingerprint density at radius 2 is 0.885 bits per heavy atom. The van der Waals surface area contributed by atoms with E-state index in [0.29, 0.717) is 0 Å². The van der Waals surface area contributed by atoms with Crippen LogP contribution < -0.4 is 32.1 Å². The van der Waals surface area contributed by atoms with Crippen LogP contribution in [-0.2, 0) is 57.4 Å². The highest BCUT2D eigenvalue weighted by atomic mass is 16.7. The number of hydroxylamine groups is 1. The molecule has 5 amide bonds. The lowest BCUT2D eigenvalue weighted by molar-refractivity contribution is -0.171. The highest BCUT2D eigenvalue weighted by Gasteiger charge is 2.29.